The lowest BCUT2D eigenvalue weighted by Crippen LogP contribution is -2.42. The highest BCUT2D eigenvalue weighted by molar-refractivity contribution is 5.87. The molecular formula is C41H35F2N3O. The molecule has 0 fully saturated rings. The Balaban J connectivity index is 1.21. The molecule has 0 N–H and O–H groups in total. The number of halogens is 2. The van der Waals surface area contributed by atoms with Gasteiger partial charge in [0.05, 0.1) is 0 Å². The largest absolute Gasteiger partial charge is 0.377 e. The van der Waals surface area contributed by atoms with Crippen molar-refractivity contribution in [1.82, 2.24) is 9.96 Å². The molecule has 1 unspecified atom stereocenters. The molecule has 0 radical (unpaired) electrons. The third-order valence-corrected chi connectivity index (χ3v) is 9.45. The van der Waals surface area contributed by atoms with Gasteiger partial charge in [-0.1, -0.05) is 93.3 Å². The molecule has 2 aliphatic heterocycles. The van der Waals surface area contributed by atoms with Crippen LogP contribution in [0.5, 0.6) is 5.75 Å². The number of aliphatic imine (C=N–C) groups is 1. The Labute approximate surface area is 274 Å². The van der Waals surface area contributed by atoms with E-state index < -0.39 is 12.6 Å². The van der Waals surface area contributed by atoms with Crippen LogP contribution in [0.15, 0.2) is 133 Å². The predicted octanol–water partition coefficient (Wildman–Crippen LogP) is 9.97. The number of allylic oxidation sites excluding steroid dienone is 5. The highest BCUT2D eigenvalue weighted by Crippen LogP contribution is 2.50. The van der Waals surface area contributed by atoms with Gasteiger partial charge in [-0.3, -0.25) is 0 Å². The van der Waals surface area contributed by atoms with Crippen LogP contribution in [-0.2, 0) is 5.41 Å². The van der Waals surface area contributed by atoms with Crippen LogP contribution in [0.2, 0.25) is 0 Å². The summed E-state index contributed by atoms with van der Waals surface area (Å²) in [4.78, 5) is 12.0. The van der Waals surface area contributed by atoms with E-state index in [1.165, 1.54) is 17.7 Å². The second-order valence-corrected chi connectivity index (χ2v) is 12.5. The molecule has 1 aliphatic carbocycles. The quantitative estimate of drug-likeness (QED) is 0.122. The van der Waals surface area contributed by atoms with E-state index in [4.69, 9.17) is 4.84 Å². The molecule has 234 valence electrons. The van der Waals surface area contributed by atoms with Crippen molar-refractivity contribution in [2.75, 3.05) is 13.7 Å². The number of fused-ring (bicyclic) bond motifs is 5. The van der Waals surface area contributed by atoms with E-state index in [0.717, 1.165) is 56.0 Å². The number of hydroxylamine groups is 2. The third-order valence-electron chi connectivity index (χ3n) is 9.45. The number of hydrogen-bond donors (Lipinski definition) is 0. The Morgan fingerprint density at radius 1 is 0.915 bits per heavy atom. The lowest BCUT2D eigenvalue weighted by atomic mass is 9.80. The van der Waals surface area contributed by atoms with Gasteiger partial charge in [-0.25, -0.2) is 9.38 Å². The zero-order chi connectivity index (χ0) is 32.9. The second-order valence-electron chi connectivity index (χ2n) is 12.5. The molecule has 4 nitrogen and oxygen atoms in total. The number of rotatable bonds is 6. The summed E-state index contributed by atoms with van der Waals surface area (Å²) in [6.07, 6.45) is 8.90. The van der Waals surface area contributed by atoms with Gasteiger partial charge in [-0.05, 0) is 87.6 Å². The molecular weight excluding hydrogens is 588 g/mol. The third kappa shape index (κ3) is 5.10. The number of likely N-dealkylation sites (N-methyl/N-ethyl adjacent to an activating group) is 1. The van der Waals surface area contributed by atoms with E-state index in [1.807, 2.05) is 60.8 Å². The first kappa shape index (κ1) is 30.2. The van der Waals surface area contributed by atoms with E-state index in [9.17, 15) is 8.78 Å². The molecule has 3 aliphatic rings. The van der Waals surface area contributed by atoms with Crippen molar-refractivity contribution < 1.29 is 13.6 Å². The lowest BCUT2D eigenvalue weighted by Gasteiger charge is -2.35. The molecule has 0 saturated heterocycles. The fraction of sp³-hybridized carbons (Fsp3) is 0.146. The van der Waals surface area contributed by atoms with Gasteiger partial charge in [0.25, 0.3) is 0 Å². The molecule has 4 aromatic rings. The second kappa shape index (κ2) is 11.7. The Bertz CT molecular complexity index is 2070. The Morgan fingerprint density at radius 2 is 1.64 bits per heavy atom. The minimum atomic E-state index is -0.728. The molecule has 0 saturated carbocycles. The smallest absolute Gasteiger partial charge is 0.220 e. The Morgan fingerprint density at radius 3 is 2.43 bits per heavy atom. The van der Waals surface area contributed by atoms with E-state index in [2.05, 4.69) is 91.7 Å². The zero-order valence-corrected chi connectivity index (χ0v) is 26.7. The number of nitrogens with zero attached hydrogens (tertiary/aromatic N) is 3. The highest BCUT2D eigenvalue weighted by Gasteiger charge is 2.36. The topological polar surface area (TPSA) is 28.1 Å². The van der Waals surface area contributed by atoms with Crippen molar-refractivity contribution in [2.45, 2.75) is 25.4 Å². The van der Waals surface area contributed by atoms with Crippen LogP contribution in [0.4, 0.5) is 8.78 Å². The van der Waals surface area contributed by atoms with Crippen molar-refractivity contribution in [3.63, 3.8) is 0 Å². The van der Waals surface area contributed by atoms with Crippen LogP contribution in [0.1, 0.15) is 41.7 Å². The number of benzene rings is 4. The first-order valence-corrected chi connectivity index (χ1v) is 15.6. The van der Waals surface area contributed by atoms with Gasteiger partial charge in [-0.2, -0.15) is 9.45 Å². The SMILES string of the molecule is C=N/C(F)=C(\C=C/CF)c1ccc2c(c1)C(C)(C)c1cc(-c3cccc(C4=CN5Oc6ccccc6C(=C)N(C)C5C=C4)c3)ccc1-2. The van der Waals surface area contributed by atoms with E-state index >= 15 is 0 Å². The van der Waals surface area contributed by atoms with Crippen molar-refractivity contribution in [1.29, 1.82) is 0 Å². The minimum absolute atomic E-state index is 0.126. The molecule has 0 aromatic heterocycles. The lowest BCUT2D eigenvalue weighted by molar-refractivity contribution is -0.0612. The van der Waals surface area contributed by atoms with Crippen LogP contribution in [0.3, 0.4) is 0 Å². The zero-order valence-electron chi connectivity index (χ0n) is 26.7. The maximum absolute atomic E-state index is 14.7. The van der Waals surface area contributed by atoms with Gasteiger partial charge in [0.2, 0.25) is 5.95 Å². The maximum Gasteiger partial charge on any atom is 0.220 e. The van der Waals surface area contributed by atoms with Gasteiger partial charge in [0, 0.05) is 41.1 Å². The number of hydrogen-bond acceptors (Lipinski definition) is 4. The van der Waals surface area contributed by atoms with Crippen molar-refractivity contribution in [2.24, 2.45) is 4.99 Å². The fourth-order valence-electron chi connectivity index (χ4n) is 6.82. The molecule has 1 atom stereocenters. The first-order valence-electron chi connectivity index (χ1n) is 15.6. The van der Waals surface area contributed by atoms with Crippen LogP contribution >= 0.6 is 0 Å². The highest BCUT2D eigenvalue weighted by atomic mass is 19.1. The van der Waals surface area contributed by atoms with Crippen molar-refractivity contribution >= 4 is 23.6 Å². The van der Waals surface area contributed by atoms with Gasteiger partial charge < -0.3 is 9.74 Å². The minimum Gasteiger partial charge on any atom is -0.377 e. The van der Waals surface area contributed by atoms with E-state index in [0.29, 0.717) is 5.56 Å². The summed E-state index contributed by atoms with van der Waals surface area (Å²) in [7, 11) is 2.03. The van der Waals surface area contributed by atoms with Crippen LogP contribution in [0, 0.1) is 0 Å². The molecule has 4 aromatic carbocycles. The Kier molecular flexibility index (Phi) is 7.51. The molecule has 2 heterocycles. The van der Waals surface area contributed by atoms with Gasteiger partial charge in [0.1, 0.15) is 6.67 Å². The number of para-hydroxylation sites is 1. The summed E-state index contributed by atoms with van der Waals surface area (Å²) in [5.41, 5.74) is 11.2. The van der Waals surface area contributed by atoms with E-state index in [-0.39, 0.29) is 17.2 Å². The van der Waals surface area contributed by atoms with Gasteiger partial charge >= 0.3 is 0 Å². The van der Waals surface area contributed by atoms with E-state index in [1.54, 1.807) is 0 Å². The van der Waals surface area contributed by atoms with Gasteiger partial charge in [-0.15, -0.1) is 0 Å². The summed E-state index contributed by atoms with van der Waals surface area (Å²) < 4.78 is 27.6. The summed E-state index contributed by atoms with van der Waals surface area (Å²) in [6, 6.07) is 28.9. The summed E-state index contributed by atoms with van der Waals surface area (Å²) >= 11 is 0. The normalized spacial score (nSPS) is 18.0. The van der Waals surface area contributed by atoms with Crippen LogP contribution in [-0.4, -0.2) is 36.6 Å². The first-order chi connectivity index (χ1) is 22.7. The average molecular weight is 624 g/mol. The standard InChI is InChI=1S/C41H35F2N3O/c1-26-32-12-6-7-14-38(32)47-46-25-31(17-20-39(46)45(26)5)28-11-8-10-27(22-28)29-15-18-34-35-19-16-30(33(13-9-21-42)40(43)44-4)24-37(35)41(2,3)36(34)23-29/h6-20,22-25,39H,1,4,21H2,2-3,5H3/b13-9-,40-33+. The molecule has 47 heavy (non-hydrogen) atoms. The van der Waals surface area contributed by atoms with Crippen LogP contribution < -0.4 is 4.84 Å². The van der Waals surface area contributed by atoms with Gasteiger partial charge in [0.15, 0.2) is 11.9 Å². The Hall–Kier alpha value is -5.49. The van der Waals surface area contributed by atoms with Crippen molar-refractivity contribution in [3.8, 4) is 28.0 Å². The predicted molar refractivity (Wildman–Crippen MR) is 189 cm³/mol. The monoisotopic (exact) mass is 623 g/mol. The summed E-state index contributed by atoms with van der Waals surface area (Å²) in [5, 5.41) is 1.88. The molecule has 6 heteroatoms. The summed E-state index contributed by atoms with van der Waals surface area (Å²) in [6.45, 7) is 11.3. The van der Waals surface area contributed by atoms with Crippen molar-refractivity contribution in [3.05, 3.63) is 156 Å². The number of alkyl halides is 1. The van der Waals surface area contributed by atoms with Crippen LogP contribution in [0.25, 0.3) is 39.1 Å². The molecule has 7 rings (SSSR count). The molecule has 0 amide bonds. The summed E-state index contributed by atoms with van der Waals surface area (Å²) in [5.74, 6) is 0.0413. The maximum atomic E-state index is 14.7. The fourth-order valence-corrected chi connectivity index (χ4v) is 6.82. The molecule has 0 bridgehead atoms. The average Bonchev–Trinajstić information content (AvgIpc) is 3.26. The molecule has 0 spiro atoms.